The van der Waals surface area contributed by atoms with E-state index in [1.807, 2.05) is 6.92 Å². The molecule has 0 aromatic heterocycles. The van der Waals surface area contributed by atoms with Gasteiger partial charge in [0.15, 0.2) is 0 Å². The van der Waals surface area contributed by atoms with Crippen LogP contribution in [-0.4, -0.2) is 11.9 Å². The Morgan fingerprint density at radius 3 is 2.73 bits per heavy atom. The molecule has 0 heterocycles. The summed E-state index contributed by atoms with van der Waals surface area (Å²) in [4.78, 5) is 0. The predicted molar refractivity (Wildman–Crippen MR) is 64.2 cm³/mol. The van der Waals surface area contributed by atoms with Crippen LogP contribution in [0.2, 0.25) is 0 Å². The minimum Gasteiger partial charge on any atom is -0.493 e. The molecule has 0 saturated carbocycles. The molecule has 0 bridgehead atoms. The van der Waals surface area contributed by atoms with Crippen molar-refractivity contribution in [2.45, 2.75) is 20.3 Å². The van der Waals surface area contributed by atoms with Crippen molar-refractivity contribution in [3.63, 3.8) is 0 Å². The number of halogens is 2. The van der Waals surface area contributed by atoms with Crippen LogP contribution in [0.1, 0.15) is 18.9 Å². The number of benzene rings is 1. The maximum absolute atomic E-state index is 12.8. The first-order chi connectivity index (χ1) is 7.17. The van der Waals surface area contributed by atoms with Gasteiger partial charge in [0, 0.05) is 11.2 Å². The second kappa shape index (κ2) is 6.11. The van der Waals surface area contributed by atoms with Crippen molar-refractivity contribution in [1.29, 1.82) is 0 Å². The van der Waals surface area contributed by atoms with Crippen LogP contribution in [0.15, 0.2) is 18.2 Å². The average Bonchev–Trinajstić information content (AvgIpc) is 2.22. The zero-order valence-corrected chi connectivity index (χ0v) is 10.7. The molecule has 0 N–H and O–H groups in total. The van der Waals surface area contributed by atoms with E-state index >= 15 is 0 Å². The monoisotopic (exact) mass is 274 g/mol. The van der Waals surface area contributed by atoms with Crippen molar-refractivity contribution in [2.24, 2.45) is 5.92 Å². The lowest BCUT2D eigenvalue weighted by atomic mass is 10.1. The Balaban J connectivity index is 2.57. The molecule has 0 aliphatic rings. The molecule has 1 nitrogen and oxygen atoms in total. The van der Waals surface area contributed by atoms with Gasteiger partial charge in [-0.25, -0.2) is 4.39 Å². The largest absolute Gasteiger partial charge is 0.493 e. The van der Waals surface area contributed by atoms with E-state index in [1.165, 1.54) is 12.1 Å². The predicted octanol–water partition coefficient (Wildman–Crippen LogP) is 3.93. The van der Waals surface area contributed by atoms with Crippen molar-refractivity contribution < 1.29 is 9.13 Å². The number of aryl methyl sites for hydroxylation is 1. The van der Waals surface area contributed by atoms with E-state index in [9.17, 15) is 4.39 Å². The Bertz CT molecular complexity index is 310. The van der Waals surface area contributed by atoms with E-state index in [0.717, 1.165) is 23.1 Å². The highest BCUT2D eigenvalue weighted by Crippen LogP contribution is 2.19. The second-order valence-electron chi connectivity index (χ2n) is 3.65. The van der Waals surface area contributed by atoms with E-state index < -0.39 is 0 Å². The second-order valence-corrected chi connectivity index (χ2v) is 4.30. The lowest BCUT2D eigenvalue weighted by Crippen LogP contribution is -2.12. The third-order valence-electron chi connectivity index (χ3n) is 2.41. The highest BCUT2D eigenvalue weighted by Gasteiger charge is 2.07. The Hall–Kier alpha value is -0.570. The lowest BCUT2D eigenvalue weighted by molar-refractivity contribution is 0.258. The summed E-state index contributed by atoms with van der Waals surface area (Å²) in [5, 5.41) is 0.934. The average molecular weight is 275 g/mol. The molecule has 0 fully saturated rings. The molecule has 3 heteroatoms. The normalized spacial score (nSPS) is 12.5. The van der Waals surface area contributed by atoms with Crippen LogP contribution in [-0.2, 0) is 0 Å². The lowest BCUT2D eigenvalue weighted by Gasteiger charge is -2.14. The van der Waals surface area contributed by atoms with Gasteiger partial charge in [-0.3, -0.25) is 0 Å². The Morgan fingerprint density at radius 1 is 1.47 bits per heavy atom. The molecule has 1 atom stereocenters. The van der Waals surface area contributed by atoms with Crippen LogP contribution in [0.5, 0.6) is 5.75 Å². The summed E-state index contributed by atoms with van der Waals surface area (Å²) in [7, 11) is 0. The summed E-state index contributed by atoms with van der Waals surface area (Å²) < 4.78 is 18.5. The van der Waals surface area contributed by atoms with Gasteiger partial charge in [0.05, 0.1) is 6.61 Å². The first kappa shape index (κ1) is 12.5. The summed E-state index contributed by atoms with van der Waals surface area (Å²) in [6.45, 7) is 4.66. The van der Waals surface area contributed by atoms with Crippen LogP contribution < -0.4 is 4.74 Å². The number of alkyl halides is 1. The van der Waals surface area contributed by atoms with Crippen LogP contribution in [0.4, 0.5) is 4.39 Å². The van der Waals surface area contributed by atoms with Crippen molar-refractivity contribution in [1.82, 2.24) is 0 Å². The van der Waals surface area contributed by atoms with E-state index in [-0.39, 0.29) is 5.82 Å². The molecular weight excluding hydrogens is 259 g/mol. The fraction of sp³-hybridized carbons (Fsp3) is 0.500. The number of ether oxygens (including phenoxy) is 1. The first-order valence-electron chi connectivity index (χ1n) is 5.12. The standard InChI is InChI=1S/C12H16BrFO/c1-3-10(7-13)8-15-12-5-4-11(14)6-9(12)2/h4-6,10H,3,7-8H2,1-2H3. The topological polar surface area (TPSA) is 9.23 Å². The molecule has 1 aromatic carbocycles. The highest BCUT2D eigenvalue weighted by atomic mass is 79.9. The minimum atomic E-state index is -0.215. The minimum absolute atomic E-state index is 0.215. The van der Waals surface area contributed by atoms with Crippen molar-refractivity contribution in [3.05, 3.63) is 29.6 Å². The highest BCUT2D eigenvalue weighted by molar-refractivity contribution is 9.09. The van der Waals surface area contributed by atoms with Gasteiger partial charge in [-0.05, 0) is 37.1 Å². The van der Waals surface area contributed by atoms with Crippen molar-refractivity contribution in [3.8, 4) is 5.75 Å². The van der Waals surface area contributed by atoms with Crippen LogP contribution in [0, 0.1) is 18.7 Å². The summed E-state index contributed by atoms with van der Waals surface area (Å²) in [5.74, 6) is 1.07. The molecule has 84 valence electrons. The van der Waals surface area contributed by atoms with E-state index in [4.69, 9.17) is 4.74 Å². The van der Waals surface area contributed by atoms with Gasteiger partial charge in [-0.2, -0.15) is 0 Å². The zero-order valence-electron chi connectivity index (χ0n) is 9.09. The Kier molecular flexibility index (Phi) is 5.09. The van der Waals surface area contributed by atoms with Gasteiger partial charge in [-0.15, -0.1) is 0 Å². The van der Waals surface area contributed by atoms with Gasteiger partial charge >= 0.3 is 0 Å². The molecule has 0 spiro atoms. The molecular formula is C12H16BrFO. The van der Waals surface area contributed by atoms with Crippen LogP contribution in [0.3, 0.4) is 0 Å². The zero-order chi connectivity index (χ0) is 11.3. The van der Waals surface area contributed by atoms with Crippen LogP contribution >= 0.6 is 15.9 Å². The maximum atomic E-state index is 12.8. The smallest absolute Gasteiger partial charge is 0.123 e. The number of hydrogen-bond donors (Lipinski definition) is 0. The van der Waals surface area contributed by atoms with Crippen LogP contribution in [0.25, 0.3) is 0 Å². The third kappa shape index (κ3) is 3.82. The fourth-order valence-electron chi connectivity index (χ4n) is 1.25. The van der Waals surface area contributed by atoms with E-state index in [0.29, 0.717) is 12.5 Å². The molecule has 1 rings (SSSR count). The quantitative estimate of drug-likeness (QED) is 0.740. The first-order valence-corrected chi connectivity index (χ1v) is 6.24. The maximum Gasteiger partial charge on any atom is 0.123 e. The van der Waals surface area contributed by atoms with Gasteiger partial charge < -0.3 is 4.74 Å². The molecule has 15 heavy (non-hydrogen) atoms. The van der Waals surface area contributed by atoms with Gasteiger partial charge in [0.25, 0.3) is 0 Å². The third-order valence-corrected chi connectivity index (χ3v) is 3.32. The molecule has 0 aliphatic carbocycles. The Labute approximate surface area is 98.8 Å². The summed E-state index contributed by atoms with van der Waals surface area (Å²) in [6, 6.07) is 4.60. The van der Waals surface area contributed by atoms with Crippen molar-refractivity contribution >= 4 is 15.9 Å². The van der Waals surface area contributed by atoms with E-state index in [2.05, 4.69) is 22.9 Å². The Morgan fingerprint density at radius 2 is 2.20 bits per heavy atom. The molecule has 0 aliphatic heterocycles. The summed E-state index contributed by atoms with van der Waals surface area (Å²) >= 11 is 3.44. The molecule has 1 aromatic rings. The molecule has 0 radical (unpaired) electrons. The van der Waals surface area contributed by atoms with Crippen molar-refractivity contribution in [2.75, 3.05) is 11.9 Å². The summed E-state index contributed by atoms with van der Waals surface area (Å²) in [5.41, 5.74) is 0.847. The number of rotatable bonds is 5. The molecule has 0 amide bonds. The molecule has 0 saturated heterocycles. The number of hydrogen-bond acceptors (Lipinski definition) is 1. The van der Waals surface area contributed by atoms with E-state index in [1.54, 1.807) is 6.07 Å². The van der Waals surface area contributed by atoms with Gasteiger partial charge in [0.2, 0.25) is 0 Å². The molecule has 1 unspecified atom stereocenters. The summed E-state index contributed by atoms with van der Waals surface area (Å²) in [6.07, 6.45) is 1.07. The fourth-order valence-corrected chi connectivity index (χ4v) is 1.90. The SMILES string of the molecule is CCC(CBr)COc1ccc(F)cc1C. The van der Waals surface area contributed by atoms with Gasteiger partial charge in [-0.1, -0.05) is 22.9 Å². The van der Waals surface area contributed by atoms with Gasteiger partial charge in [0.1, 0.15) is 11.6 Å².